The number of imidazole rings is 1. The fourth-order valence-corrected chi connectivity index (χ4v) is 5.14. The van der Waals surface area contributed by atoms with Gasteiger partial charge in [0.25, 0.3) is 10.0 Å². The first-order chi connectivity index (χ1) is 9.47. The van der Waals surface area contributed by atoms with Crippen LogP contribution in [0, 0.1) is 0 Å². The van der Waals surface area contributed by atoms with Gasteiger partial charge in [0.2, 0.25) is 0 Å². The molecule has 0 unspecified atom stereocenters. The van der Waals surface area contributed by atoms with Crippen molar-refractivity contribution < 1.29 is 8.42 Å². The monoisotopic (exact) mass is 334 g/mol. The van der Waals surface area contributed by atoms with Crippen molar-refractivity contribution in [3.8, 4) is 0 Å². The van der Waals surface area contributed by atoms with E-state index < -0.39 is 10.0 Å². The number of sulfonamides is 1. The molecule has 0 radical (unpaired) electrons. The van der Waals surface area contributed by atoms with Crippen LogP contribution in [-0.2, 0) is 10.0 Å². The molecule has 0 spiro atoms. The molecule has 3 heterocycles. The standard InChI is InChI=1S/C11H15ClN4O2S2/c1-15-4-2-8(3-5-15)14-20(17,18)10-9(12)13-11-16(10)6-7-19-11/h6-8,14H,2-5H2,1H3. The Hall–Kier alpha value is -0.670. The molecule has 3 rings (SSSR count). The van der Waals surface area contributed by atoms with Crippen LogP contribution in [0.4, 0.5) is 0 Å². The van der Waals surface area contributed by atoms with Gasteiger partial charge in [-0.15, -0.1) is 11.3 Å². The number of nitrogens with zero attached hydrogens (tertiary/aromatic N) is 3. The van der Waals surface area contributed by atoms with Gasteiger partial charge in [-0.3, -0.25) is 4.40 Å². The lowest BCUT2D eigenvalue weighted by Crippen LogP contribution is -2.43. The van der Waals surface area contributed by atoms with E-state index in [1.165, 1.54) is 15.7 Å². The van der Waals surface area contributed by atoms with E-state index in [1.54, 1.807) is 11.6 Å². The highest BCUT2D eigenvalue weighted by Crippen LogP contribution is 2.26. The third-order valence-corrected chi connectivity index (χ3v) is 6.15. The Kier molecular flexibility index (Phi) is 3.76. The van der Waals surface area contributed by atoms with Crippen molar-refractivity contribution in [3.63, 3.8) is 0 Å². The summed E-state index contributed by atoms with van der Waals surface area (Å²) in [6, 6.07) is -0.0450. The number of halogens is 1. The van der Waals surface area contributed by atoms with Crippen LogP contribution in [0.5, 0.6) is 0 Å². The molecule has 0 aromatic carbocycles. The fraction of sp³-hybridized carbons (Fsp3) is 0.545. The number of rotatable bonds is 3. The molecule has 0 bridgehead atoms. The zero-order valence-electron chi connectivity index (χ0n) is 10.9. The van der Waals surface area contributed by atoms with Gasteiger partial charge < -0.3 is 4.90 Å². The van der Waals surface area contributed by atoms with E-state index >= 15 is 0 Å². The molecular weight excluding hydrogens is 320 g/mol. The van der Waals surface area contributed by atoms with Gasteiger partial charge in [-0.05, 0) is 33.0 Å². The topological polar surface area (TPSA) is 66.7 Å². The number of hydrogen-bond acceptors (Lipinski definition) is 5. The summed E-state index contributed by atoms with van der Waals surface area (Å²) >= 11 is 7.34. The molecule has 1 N–H and O–H groups in total. The first-order valence-corrected chi connectivity index (χ1v) is 9.03. The van der Waals surface area contributed by atoms with Crippen LogP contribution in [0.25, 0.3) is 4.96 Å². The smallest absolute Gasteiger partial charge is 0.260 e. The predicted molar refractivity (Wildman–Crippen MR) is 78.9 cm³/mol. The van der Waals surface area contributed by atoms with Crippen molar-refractivity contribution in [2.24, 2.45) is 0 Å². The molecule has 0 aliphatic carbocycles. The van der Waals surface area contributed by atoms with Crippen molar-refractivity contribution in [2.45, 2.75) is 23.9 Å². The molecule has 6 nitrogen and oxygen atoms in total. The highest BCUT2D eigenvalue weighted by molar-refractivity contribution is 7.89. The molecule has 1 fully saturated rings. The molecule has 0 amide bonds. The van der Waals surface area contributed by atoms with E-state index in [0.29, 0.717) is 4.96 Å². The van der Waals surface area contributed by atoms with Crippen molar-refractivity contribution in [1.82, 2.24) is 19.0 Å². The zero-order valence-corrected chi connectivity index (χ0v) is 13.3. The molecule has 110 valence electrons. The van der Waals surface area contributed by atoms with Gasteiger partial charge in [0.05, 0.1) is 0 Å². The average Bonchev–Trinajstić information content (AvgIpc) is 2.91. The highest BCUT2D eigenvalue weighted by Gasteiger charge is 2.29. The van der Waals surface area contributed by atoms with Gasteiger partial charge in [-0.25, -0.2) is 18.1 Å². The van der Waals surface area contributed by atoms with E-state index in [0.717, 1.165) is 25.9 Å². The van der Waals surface area contributed by atoms with Crippen LogP contribution in [0.2, 0.25) is 5.15 Å². The zero-order chi connectivity index (χ0) is 14.3. The highest BCUT2D eigenvalue weighted by atomic mass is 35.5. The lowest BCUT2D eigenvalue weighted by Gasteiger charge is -2.29. The molecule has 0 atom stereocenters. The fourth-order valence-electron chi connectivity index (χ4n) is 2.38. The summed E-state index contributed by atoms with van der Waals surface area (Å²) < 4.78 is 29.3. The first kappa shape index (κ1) is 14.3. The van der Waals surface area contributed by atoms with Gasteiger partial charge in [-0.1, -0.05) is 11.6 Å². The predicted octanol–water partition coefficient (Wildman–Crippen LogP) is 1.42. The van der Waals surface area contributed by atoms with Crippen molar-refractivity contribution in [3.05, 3.63) is 16.7 Å². The summed E-state index contributed by atoms with van der Waals surface area (Å²) in [4.78, 5) is 6.83. The minimum Gasteiger partial charge on any atom is -0.306 e. The van der Waals surface area contributed by atoms with E-state index in [9.17, 15) is 8.42 Å². The SMILES string of the molecule is CN1CCC(NS(=O)(=O)c2c(Cl)nc3sccn23)CC1. The maximum Gasteiger partial charge on any atom is 0.260 e. The number of piperidine rings is 1. The van der Waals surface area contributed by atoms with E-state index in [2.05, 4.69) is 14.6 Å². The summed E-state index contributed by atoms with van der Waals surface area (Å²) in [5.74, 6) is 0. The van der Waals surface area contributed by atoms with E-state index in [-0.39, 0.29) is 16.2 Å². The Morgan fingerprint density at radius 2 is 2.15 bits per heavy atom. The van der Waals surface area contributed by atoms with Crippen LogP contribution < -0.4 is 4.72 Å². The van der Waals surface area contributed by atoms with Crippen LogP contribution in [0.1, 0.15) is 12.8 Å². The van der Waals surface area contributed by atoms with Gasteiger partial charge in [0, 0.05) is 17.6 Å². The number of fused-ring (bicyclic) bond motifs is 1. The Balaban J connectivity index is 1.88. The Morgan fingerprint density at radius 3 is 2.85 bits per heavy atom. The summed E-state index contributed by atoms with van der Waals surface area (Å²) in [6.07, 6.45) is 3.28. The number of hydrogen-bond donors (Lipinski definition) is 1. The third-order valence-electron chi connectivity index (χ3n) is 3.47. The van der Waals surface area contributed by atoms with Gasteiger partial charge in [-0.2, -0.15) is 0 Å². The van der Waals surface area contributed by atoms with Crippen LogP contribution in [0.3, 0.4) is 0 Å². The number of nitrogens with one attached hydrogen (secondary N) is 1. The molecule has 1 aliphatic rings. The molecule has 1 aliphatic heterocycles. The Morgan fingerprint density at radius 1 is 1.45 bits per heavy atom. The second-order valence-electron chi connectivity index (χ2n) is 4.96. The summed E-state index contributed by atoms with van der Waals surface area (Å²) in [5.41, 5.74) is 0. The normalized spacial score (nSPS) is 18.9. The van der Waals surface area contributed by atoms with E-state index in [1.807, 2.05) is 7.05 Å². The summed E-state index contributed by atoms with van der Waals surface area (Å²) in [6.45, 7) is 1.78. The second kappa shape index (κ2) is 5.27. The molecule has 2 aromatic rings. The summed E-state index contributed by atoms with van der Waals surface area (Å²) in [5, 5.41) is 1.85. The maximum atomic E-state index is 12.5. The lowest BCUT2D eigenvalue weighted by atomic mass is 10.1. The van der Waals surface area contributed by atoms with E-state index in [4.69, 9.17) is 11.6 Å². The minimum absolute atomic E-state index is 0.0253. The van der Waals surface area contributed by atoms with Crippen molar-refractivity contribution in [2.75, 3.05) is 20.1 Å². The van der Waals surface area contributed by atoms with Crippen LogP contribution >= 0.6 is 22.9 Å². The average molecular weight is 335 g/mol. The molecule has 20 heavy (non-hydrogen) atoms. The summed E-state index contributed by atoms with van der Waals surface area (Å²) in [7, 11) is -1.62. The van der Waals surface area contributed by atoms with Crippen molar-refractivity contribution >= 4 is 37.9 Å². The number of thiazole rings is 1. The van der Waals surface area contributed by atoms with Crippen molar-refractivity contribution in [1.29, 1.82) is 0 Å². The maximum absolute atomic E-state index is 12.5. The lowest BCUT2D eigenvalue weighted by molar-refractivity contribution is 0.248. The molecule has 1 saturated heterocycles. The molecule has 2 aromatic heterocycles. The third kappa shape index (κ3) is 2.58. The molecule has 0 saturated carbocycles. The Labute approximate surface area is 126 Å². The quantitative estimate of drug-likeness (QED) is 0.922. The van der Waals surface area contributed by atoms with Gasteiger partial charge >= 0.3 is 0 Å². The molecule has 9 heteroatoms. The molecular formula is C11H15ClN4O2S2. The number of aromatic nitrogens is 2. The van der Waals surface area contributed by atoms with Gasteiger partial charge in [0.15, 0.2) is 15.1 Å². The minimum atomic E-state index is -3.65. The number of likely N-dealkylation sites (tertiary alicyclic amines) is 1. The Bertz CT molecular complexity index is 716. The first-order valence-electron chi connectivity index (χ1n) is 6.29. The van der Waals surface area contributed by atoms with Crippen LogP contribution in [-0.4, -0.2) is 48.9 Å². The van der Waals surface area contributed by atoms with Gasteiger partial charge in [0.1, 0.15) is 0 Å². The largest absolute Gasteiger partial charge is 0.306 e. The van der Waals surface area contributed by atoms with Crippen LogP contribution in [0.15, 0.2) is 16.6 Å². The second-order valence-corrected chi connectivity index (χ2v) is 7.82.